The number of carbonyl (C=O) groups excluding carboxylic acids is 1. The maximum absolute atomic E-state index is 12.6. The summed E-state index contributed by atoms with van der Waals surface area (Å²) in [6.07, 6.45) is 0. The minimum atomic E-state index is -0.183. The van der Waals surface area contributed by atoms with Gasteiger partial charge in [-0.15, -0.1) is 0 Å². The third-order valence-corrected chi connectivity index (χ3v) is 4.39. The van der Waals surface area contributed by atoms with Crippen molar-refractivity contribution in [3.05, 3.63) is 96.6 Å². The molecule has 0 atom stereocenters. The average molecular weight is 339 g/mol. The second kappa shape index (κ2) is 6.73. The van der Waals surface area contributed by atoms with E-state index in [-0.39, 0.29) is 11.7 Å². The zero-order chi connectivity index (χ0) is 17.9. The fourth-order valence-electron chi connectivity index (χ4n) is 3.14. The number of fused-ring (bicyclic) bond motifs is 1. The number of benzene rings is 4. The first-order chi connectivity index (χ1) is 12.7. The first-order valence-electron chi connectivity index (χ1n) is 8.40. The number of hydrogen-bond acceptors (Lipinski definition) is 2. The van der Waals surface area contributed by atoms with Gasteiger partial charge in [0, 0.05) is 22.4 Å². The van der Waals surface area contributed by atoms with E-state index in [1.165, 1.54) is 0 Å². The van der Waals surface area contributed by atoms with E-state index in [1.54, 1.807) is 18.2 Å². The van der Waals surface area contributed by atoms with Crippen LogP contribution >= 0.6 is 0 Å². The number of rotatable bonds is 3. The Balaban J connectivity index is 1.83. The Morgan fingerprint density at radius 2 is 1.42 bits per heavy atom. The van der Waals surface area contributed by atoms with Gasteiger partial charge in [-0.25, -0.2) is 0 Å². The molecule has 0 spiro atoms. The Kier molecular flexibility index (Phi) is 4.12. The molecule has 0 saturated heterocycles. The molecule has 126 valence electrons. The highest BCUT2D eigenvalue weighted by molar-refractivity contribution is 6.09. The van der Waals surface area contributed by atoms with E-state index in [1.807, 2.05) is 72.8 Å². The van der Waals surface area contributed by atoms with Gasteiger partial charge in [0.1, 0.15) is 5.75 Å². The van der Waals surface area contributed by atoms with E-state index < -0.39 is 0 Å². The van der Waals surface area contributed by atoms with E-state index in [4.69, 9.17) is 0 Å². The molecule has 26 heavy (non-hydrogen) atoms. The summed E-state index contributed by atoms with van der Waals surface area (Å²) in [4.78, 5) is 12.6. The number of carbonyl (C=O) groups is 1. The molecule has 1 amide bonds. The lowest BCUT2D eigenvalue weighted by atomic mass is 9.96. The number of aromatic hydroxyl groups is 1. The maximum atomic E-state index is 12.6. The largest absolute Gasteiger partial charge is 0.507 e. The van der Waals surface area contributed by atoms with Gasteiger partial charge in [-0.1, -0.05) is 66.7 Å². The van der Waals surface area contributed by atoms with E-state index >= 15 is 0 Å². The summed E-state index contributed by atoms with van der Waals surface area (Å²) in [5.41, 5.74) is 2.75. The van der Waals surface area contributed by atoms with Gasteiger partial charge >= 0.3 is 0 Å². The number of phenols is 1. The highest BCUT2D eigenvalue weighted by Crippen LogP contribution is 2.39. The van der Waals surface area contributed by atoms with Crippen molar-refractivity contribution in [1.29, 1.82) is 0 Å². The van der Waals surface area contributed by atoms with Crippen LogP contribution in [0.4, 0.5) is 5.69 Å². The molecular formula is C23H17NO2. The molecule has 2 N–H and O–H groups in total. The Morgan fingerprint density at radius 3 is 2.27 bits per heavy atom. The summed E-state index contributed by atoms with van der Waals surface area (Å²) in [6.45, 7) is 0. The van der Waals surface area contributed by atoms with Gasteiger partial charge in [0.2, 0.25) is 0 Å². The predicted octanol–water partition coefficient (Wildman–Crippen LogP) is 5.46. The summed E-state index contributed by atoms with van der Waals surface area (Å²) < 4.78 is 0. The highest BCUT2D eigenvalue weighted by atomic mass is 16.3. The van der Waals surface area contributed by atoms with Crippen LogP contribution in [-0.2, 0) is 0 Å². The van der Waals surface area contributed by atoms with Crippen LogP contribution < -0.4 is 5.32 Å². The zero-order valence-electron chi connectivity index (χ0n) is 14.0. The second-order valence-electron chi connectivity index (χ2n) is 6.05. The molecule has 0 unspecified atom stereocenters. The first-order valence-corrected chi connectivity index (χ1v) is 8.40. The van der Waals surface area contributed by atoms with Crippen molar-refractivity contribution in [2.45, 2.75) is 0 Å². The maximum Gasteiger partial charge on any atom is 0.255 e. The lowest BCUT2D eigenvalue weighted by Crippen LogP contribution is -2.12. The summed E-state index contributed by atoms with van der Waals surface area (Å²) in [5, 5.41) is 15.5. The number of hydrogen-bond donors (Lipinski definition) is 2. The average Bonchev–Trinajstić information content (AvgIpc) is 2.69. The molecule has 4 rings (SSSR count). The van der Waals surface area contributed by atoms with E-state index in [0.717, 1.165) is 16.3 Å². The van der Waals surface area contributed by atoms with Gasteiger partial charge in [0.25, 0.3) is 5.91 Å². The van der Waals surface area contributed by atoms with Crippen molar-refractivity contribution in [3.8, 4) is 16.9 Å². The molecule has 0 aliphatic heterocycles. The number of amides is 1. The fourth-order valence-corrected chi connectivity index (χ4v) is 3.14. The van der Waals surface area contributed by atoms with E-state index in [0.29, 0.717) is 16.8 Å². The highest BCUT2D eigenvalue weighted by Gasteiger charge is 2.15. The van der Waals surface area contributed by atoms with Crippen molar-refractivity contribution >= 4 is 22.4 Å². The third kappa shape index (κ3) is 2.91. The van der Waals surface area contributed by atoms with Crippen LogP contribution in [0.1, 0.15) is 10.4 Å². The van der Waals surface area contributed by atoms with Gasteiger partial charge in [-0.2, -0.15) is 0 Å². The van der Waals surface area contributed by atoms with Crippen LogP contribution in [0.25, 0.3) is 21.9 Å². The molecule has 3 heteroatoms. The number of phenolic OH excluding ortho intramolecular Hbond substituents is 1. The molecule has 0 saturated carbocycles. The summed E-state index contributed by atoms with van der Waals surface area (Å²) in [5.74, 6) is 0.00267. The van der Waals surface area contributed by atoms with Crippen molar-refractivity contribution in [1.82, 2.24) is 0 Å². The zero-order valence-corrected chi connectivity index (χ0v) is 14.0. The molecule has 4 aromatic carbocycles. The minimum absolute atomic E-state index is 0.183. The predicted molar refractivity (Wildman–Crippen MR) is 105 cm³/mol. The number of nitrogens with one attached hydrogen (secondary N) is 1. The quantitative estimate of drug-likeness (QED) is 0.520. The van der Waals surface area contributed by atoms with Gasteiger partial charge in [-0.05, 0) is 35.0 Å². The van der Waals surface area contributed by atoms with Crippen molar-refractivity contribution < 1.29 is 9.90 Å². The summed E-state index contributed by atoms with van der Waals surface area (Å²) >= 11 is 0. The van der Waals surface area contributed by atoms with Gasteiger partial charge in [-0.3, -0.25) is 4.79 Å². The van der Waals surface area contributed by atoms with Crippen molar-refractivity contribution in [2.24, 2.45) is 0 Å². The Labute approximate surface area is 151 Å². The Hall–Kier alpha value is -3.59. The summed E-state index contributed by atoms with van der Waals surface area (Å²) in [6, 6.07) is 28.0. The van der Waals surface area contributed by atoms with Crippen LogP contribution in [0.15, 0.2) is 91.0 Å². The van der Waals surface area contributed by atoms with Crippen LogP contribution in [0.2, 0.25) is 0 Å². The molecule has 0 aliphatic rings. The van der Waals surface area contributed by atoms with E-state index in [9.17, 15) is 9.90 Å². The number of anilines is 1. The smallest absolute Gasteiger partial charge is 0.255 e. The molecule has 4 aromatic rings. The topological polar surface area (TPSA) is 49.3 Å². The van der Waals surface area contributed by atoms with Gasteiger partial charge in [0.05, 0.1) is 0 Å². The third-order valence-electron chi connectivity index (χ3n) is 4.39. The van der Waals surface area contributed by atoms with Crippen molar-refractivity contribution in [3.63, 3.8) is 0 Å². The first kappa shape index (κ1) is 15.9. The minimum Gasteiger partial charge on any atom is -0.507 e. The molecular weight excluding hydrogens is 322 g/mol. The lowest BCUT2D eigenvalue weighted by Gasteiger charge is -2.15. The number of para-hydroxylation sites is 1. The fraction of sp³-hybridized carbons (Fsp3) is 0. The Morgan fingerprint density at radius 1 is 0.731 bits per heavy atom. The second-order valence-corrected chi connectivity index (χ2v) is 6.05. The molecule has 0 aliphatic carbocycles. The van der Waals surface area contributed by atoms with Gasteiger partial charge < -0.3 is 10.4 Å². The van der Waals surface area contributed by atoms with Gasteiger partial charge in [0.15, 0.2) is 0 Å². The van der Waals surface area contributed by atoms with Crippen LogP contribution in [-0.4, -0.2) is 11.0 Å². The van der Waals surface area contributed by atoms with Crippen LogP contribution in [0.5, 0.6) is 5.75 Å². The standard InChI is InChI=1S/C23H17NO2/c25-21-15-14-16-8-4-5-11-18(16)22(21)19-12-6-7-13-20(19)24-23(26)17-9-2-1-3-10-17/h1-15,25H,(H,24,26). The Bertz CT molecular complexity index is 1090. The van der Waals surface area contributed by atoms with Crippen molar-refractivity contribution in [2.75, 3.05) is 5.32 Å². The van der Waals surface area contributed by atoms with Crippen LogP contribution in [0, 0.1) is 0 Å². The SMILES string of the molecule is O=C(Nc1ccccc1-c1c(O)ccc2ccccc12)c1ccccc1. The molecule has 0 heterocycles. The molecule has 3 nitrogen and oxygen atoms in total. The van der Waals surface area contributed by atoms with Crippen LogP contribution in [0.3, 0.4) is 0 Å². The lowest BCUT2D eigenvalue weighted by molar-refractivity contribution is 0.102. The molecule has 0 aromatic heterocycles. The molecule has 0 fully saturated rings. The monoisotopic (exact) mass is 339 g/mol. The normalized spacial score (nSPS) is 10.6. The molecule has 0 bridgehead atoms. The summed E-state index contributed by atoms with van der Waals surface area (Å²) in [7, 11) is 0. The van der Waals surface area contributed by atoms with E-state index in [2.05, 4.69) is 5.32 Å². The molecule has 0 radical (unpaired) electrons.